The number of amidine groups is 1. The molecule has 1 unspecified atom stereocenters. The molecule has 3 aromatic carbocycles. The predicted molar refractivity (Wildman–Crippen MR) is 126 cm³/mol. The molecule has 0 fully saturated rings. The van der Waals surface area contributed by atoms with Gasteiger partial charge in [-0.25, -0.2) is 8.42 Å². The van der Waals surface area contributed by atoms with E-state index < -0.39 is 22.0 Å². The van der Waals surface area contributed by atoms with Crippen LogP contribution in [0.2, 0.25) is 0 Å². The summed E-state index contributed by atoms with van der Waals surface area (Å²) >= 11 is 0. The topological polar surface area (TPSA) is 125 Å². The Hall–Kier alpha value is -3.49. The van der Waals surface area contributed by atoms with Gasteiger partial charge >= 0.3 is 0 Å². The lowest BCUT2D eigenvalue weighted by molar-refractivity contribution is -0.117. The van der Waals surface area contributed by atoms with Crippen molar-refractivity contribution in [3.8, 4) is 0 Å². The van der Waals surface area contributed by atoms with E-state index in [-0.39, 0.29) is 10.7 Å². The molecule has 5 N–H and O–H groups in total. The molecule has 0 bridgehead atoms. The van der Waals surface area contributed by atoms with E-state index in [1.807, 2.05) is 36.4 Å². The molecule has 0 aromatic heterocycles. The second-order valence-corrected chi connectivity index (χ2v) is 9.06. The van der Waals surface area contributed by atoms with Gasteiger partial charge in [0.25, 0.3) is 0 Å². The van der Waals surface area contributed by atoms with Crippen LogP contribution in [0.4, 0.5) is 5.69 Å². The number of benzene rings is 3. The number of nitrogens with one attached hydrogen (secondary N) is 3. The van der Waals surface area contributed by atoms with E-state index in [1.165, 1.54) is 24.3 Å². The maximum absolute atomic E-state index is 12.9. The zero-order valence-corrected chi connectivity index (χ0v) is 18.3. The highest BCUT2D eigenvalue weighted by Crippen LogP contribution is 2.15. The lowest BCUT2D eigenvalue weighted by Crippen LogP contribution is -2.43. The Labute approximate surface area is 188 Å². The van der Waals surface area contributed by atoms with E-state index >= 15 is 0 Å². The molecule has 7 nitrogen and oxygen atoms in total. The third-order valence-corrected chi connectivity index (χ3v) is 6.42. The smallest absolute Gasteiger partial charge is 0.242 e. The normalized spacial score (nSPS) is 12.1. The molecule has 3 rings (SSSR count). The summed E-state index contributed by atoms with van der Waals surface area (Å²) in [5.74, 6) is -0.573. The van der Waals surface area contributed by atoms with Crippen molar-refractivity contribution in [1.82, 2.24) is 4.72 Å². The molecule has 0 saturated heterocycles. The molecule has 0 aliphatic rings. The molecule has 0 radical (unpaired) electrons. The van der Waals surface area contributed by atoms with Gasteiger partial charge in [-0.1, -0.05) is 48.5 Å². The minimum atomic E-state index is -3.96. The second kappa shape index (κ2) is 10.7. The average molecular weight is 451 g/mol. The van der Waals surface area contributed by atoms with Gasteiger partial charge < -0.3 is 11.1 Å². The summed E-state index contributed by atoms with van der Waals surface area (Å²) in [5, 5.41) is 10.2. The number of sulfonamides is 1. The fraction of sp³-hybridized carbons (Fsp3) is 0.167. The molecular formula is C24H26N4O3S. The molecule has 32 heavy (non-hydrogen) atoms. The van der Waals surface area contributed by atoms with Gasteiger partial charge in [0.05, 0.1) is 4.90 Å². The third-order valence-electron chi connectivity index (χ3n) is 4.93. The summed E-state index contributed by atoms with van der Waals surface area (Å²) in [5.41, 5.74) is 7.57. The van der Waals surface area contributed by atoms with Gasteiger partial charge in [-0.3, -0.25) is 10.2 Å². The van der Waals surface area contributed by atoms with Crippen LogP contribution in [0.5, 0.6) is 0 Å². The molecule has 8 heteroatoms. The van der Waals surface area contributed by atoms with Crippen LogP contribution in [-0.4, -0.2) is 26.2 Å². The first-order valence-electron chi connectivity index (χ1n) is 10.2. The van der Waals surface area contributed by atoms with Crippen LogP contribution in [0.3, 0.4) is 0 Å². The first-order valence-corrected chi connectivity index (χ1v) is 11.7. The SMILES string of the molecule is N=C(N)c1ccc(S(=O)(=O)NC(CCCc2ccccc2)C(=O)Nc2ccccc2)cc1. The lowest BCUT2D eigenvalue weighted by atomic mass is 10.0. The number of hydrogen-bond acceptors (Lipinski definition) is 4. The minimum Gasteiger partial charge on any atom is -0.384 e. The van der Waals surface area contributed by atoms with E-state index in [0.717, 1.165) is 12.0 Å². The largest absolute Gasteiger partial charge is 0.384 e. The van der Waals surface area contributed by atoms with Gasteiger partial charge in [0.2, 0.25) is 15.9 Å². The Balaban J connectivity index is 1.75. The van der Waals surface area contributed by atoms with Gasteiger partial charge in [0.1, 0.15) is 11.9 Å². The average Bonchev–Trinajstić information content (AvgIpc) is 2.79. The number of aryl methyl sites for hydroxylation is 1. The van der Waals surface area contributed by atoms with Crippen LogP contribution in [-0.2, 0) is 21.2 Å². The Morgan fingerprint density at radius 3 is 2.09 bits per heavy atom. The van der Waals surface area contributed by atoms with Crippen LogP contribution in [0.1, 0.15) is 24.0 Å². The Bertz CT molecular complexity index is 1150. The van der Waals surface area contributed by atoms with Crippen LogP contribution in [0, 0.1) is 5.41 Å². The van der Waals surface area contributed by atoms with Gasteiger partial charge in [0, 0.05) is 11.3 Å². The molecule has 0 aliphatic heterocycles. The standard InChI is InChI=1S/C24H26N4O3S/c25-23(26)19-14-16-21(17-15-19)32(30,31)28-22(13-7-10-18-8-3-1-4-9-18)24(29)27-20-11-5-2-6-12-20/h1-6,8-9,11-12,14-17,22,28H,7,10,13H2,(H3,25,26)(H,27,29). The number of rotatable bonds is 10. The maximum Gasteiger partial charge on any atom is 0.242 e. The van der Waals surface area contributed by atoms with Crippen LogP contribution in [0.15, 0.2) is 89.8 Å². The lowest BCUT2D eigenvalue weighted by Gasteiger charge is -2.19. The first kappa shape index (κ1) is 23.2. The number of para-hydroxylation sites is 1. The summed E-state index contributed by atoms with van der Waals surface area (Å²) in [4.78, 5) is 12.9. The van der Waals surface area contributed by atoms with Crippen LogP contribution >= 0.6 is 0 Å². The van der Waals surface area contributed by atoms with Crippen molar-refractivity contribution >= 4 is 27.5 Å². The van der Waals surface area contributed by atoms with E-state index in [0.29, 0.717) is 24.1 Å². The first-order chi connectivity index (χ1) is 15.3. The molecule has 166 valence electrons. The number of nitrogen functional groups attached to an aromatic ring is 1. The van der Waals surface area contributed by atoms with E-state index in [4.69, 9.17) is 11.1 Å². The number of hydrogen-bond donors (Lipinski definition) is 4. The molecule has 0 spiro atoms. The van der Waals surface area contributed by atoms with Crippen molar-refractivity contribution in [2.24, 2.45) is 5.73 Å². The maximum atomic E-state index is 12.9. The number of carbonyl (C=O) groups excluding carboxylic acids is 1. The fourth-order valence-electron chi connectivity index (χ4n) is 3.22. The Kier molecular flexibility index (Phi) is 7.75. The van der Waals surface area contributed by atoms with Crippen molar-refractivity contribution in [2.45, 2.75) is 30.2 Å². The highest BCUT2D eigenvalue weighted by Gasteiger charge is 2.25. The summed E-state index contributed by atoms with van der Waals surface area (Å²) in [6, 6.07) is 23.5. The zero-order valence-electron chi connectivity index (χ0n) is 17.5. The molecule has 0 heterocycles. The highest BCUT2D eigenvalue weighted by molar-refractivity contribution is 7.89. The van der Waals surface area contributed by atoms with E-state index in [2.05, 4.69) is 10.0 Å². The summed E-state index contributed by atoms with van der Waals surface area (Å²) < 4.78 is 28.4. The van der Waals surface area contributed by atoms with E-state index in [1.54, 1.807) is 24.3 Å². The highest BCUT2D eigenvalue weighted by atomic mass is 32.2. The summed E-state index contributed by atoms with van der Waals surface area (Å²) in [6.45, 7) is 0. The van der Waals surface area contributed by atoms with Crippen molar-refractivity contribution in [1.29, 1.82) is 5.41 Å². The number of anilines is 1. The van der Waals surface area contributed by atoms with Gasteiger partial charge in [0.15, 0.2) is 0 Å². The summed E-state index contributed by atoms with van der Waals surface area (Å²) in [7, 11) is -3.96. The van der Waals surface area contributed by atoms with Gasteiger partial charge in [-0.15, -0.1) is 0 Å². The quantitative estimate of drug-likeness (QED) is 0.279. The predicted octanol–water partition coefficient (Wildman–Crippen LogP) is 3.28. The van der Waals surface area contributed by atoms with Crippen LogP contribution < -0.4 is 15.8 Å². The van der Waals surface area contributed by atoms with Crippen molar-refractivity contribution < 1.29 is 13.2 Å². The summed E-state index contributed by atoms with van der Waals surface area (Å²) in [6.07, 6.45) is 1.69. The van der Waals surface area contributed by atoms with Gasteiger partial charge in [-0.2, -0.15) is 4.72 Å². The third kappa shape index (κ3) is 6.50. The second-order valence-electron chi connectivity index (χ2n) is 7.35. The van der Waals surface area contributed by atoms with E-state index in [9.17, 15) is 13.2 Å². The molecule has 0 aliphatic carbocycles. The molecule has 1 amide bonds. The van der Waals surface area contributed by atoms with Crippen molar-refractivity contribution in [3.05, 3.63) is 96.1 Å². The molecular weight excluding hydrogens is 424 g/mol. The fourth-order valence-corrected chi connectivity index (χ4v) is 4.45. The monoisotopic (exact) mass is 450 g/mol. The Morgan fingerprint density at radius 1 is 0.906 bits per heavy atom. The Morgan fingerprint density at radius 2 is 1.50 bits per heavy atom. The number of amides is 1. The molecule has 0 saturated carbocycles. The van der Waals surface area contributed by atoms with Crippen LogP contribution in [0.25, 0.3) is 0 Å². The molecule has 3 aromatic rings. The van der Waals surface area contributed by atoms with Crippen molar-refractivity contribution in [2.75, 3.05) is 5.32 Å². The zero-order chi connectivity index (χ0) is 23.0. The minimum absolute atomic E-state index is 0.00284. The van der Waals surface area contributed by atoms with Crippen molar-refractivity contribution in [3.63, 3.8) is 0 Å². The van der Waals surface area contributed by atoms with Gasteiger partial charge in [-0.05, 0) is 61.2 Å². The number of carbonyl (C=O) groups is 1. The number of nitrogens with two attached hydrogens (primary N) is 1. The molecule has 1 atom stereocenters.